The number of halogens is 1. The van der Waals surface area contributed by atoms with Crippen LogP contribution < -0.4 is 0 Å². The minimum atomic E-state index is -0.661. The predicted octanol–water partition coefficient (Wildman–Crippen LogP) is 2.18. The Labute approximate surface area is 87.3 Å². The van der Waals surface area contributed by atoms with Crippen molar-refractivity contribution in [3.63, 3.8) is 0 Å². The molecule has 1 saturated carbocycles. The van der Waals surface area contributed by atoms with Gasteiger partial charge >= 0.3 is 5.97 Å². The monoisotopic (exact) mass is 209 g/mol. The van der Waals surface area contributed by atoms with E-state index >= 15 is 0 Å². The van der Waals surface area contributed by atoms with E-state index in [-0.39, 0.29) is 5.69 Å². The molecule has 0 aliphatic heterocycles. The summed E-state index contributed by atoms with van der Waals surface area (Å²) in [5.41, 5.74) is 0.0331. The summed E-state index contributed by atoms with van der Waals surface area (Å²) in [5, 5.41) is 0. The van der Waals surface area contributed by atoms with Crippen LogP contribution in [-0.4, -0.2) is 17.6 Å². The van der Waals surface area contributed by atoms with Gasteiger partial charge in [-0.05, 0) is 24.5 Å². The fourth-order valence-corrected chi connectivity index (χ4v) is 1.32. The van der Waals surface area contributed by atoms with Gasteiger partial charge in [0, 0.05) is 0 Å². The Bertz CT molecular complexity index is 363. The van der Waals surface area contributed by atoms with Crippen molar-refractivity contribution in [3.05, 3.63) is 29.8 Å². The summed E-state index contributed by atoms with van der Waals surface area (Å²) in [7, 11) is 0. The standard InChI is InChI=1S/C11H12FNO2/c12-10-3-1-2-9(13-10)11(14)15-7-6-8-4-5-8/h1-3,8H,4-7H2. The van der Waals surface area contributed by atoms with Gasteiger partial charge in [0.25, 0.3) is 0 Å². The lowest BCUT2D eigenvalue weighted by atomic mass is 10.3. The normalized spacial score (nSPS) is 15.0. The Balaban J connectivity index is 1.83. The van der Waals surface area contributed by atoms with Gasteiger partial charge in [0.05, 0.1) is 6.61 Å². The van der Waals surface area contributed by atoms with Gasteiger partial charge < -0.3 is 4.74 Å². The van der Waals surface area contributed by atoms with Crippen molar-refractivity contribution in [3.8, 4) is 0 Å². The number of esters is 1. The number of aromatic nitrogens is 1. The molecule has 0 aromatic carbocycles. The lowest BCUT2D eigenvalue weighted by Crippen LogP contribution is -2.09. The number of rotatable bonds is 4. The number of nitrogens with zero attached hydrogens (tertiary/aromatic N) is 1. The first-order valence-electron chi connectivity index (χ1n) is 5.05. The summed E-state index contributed by atoms with van der Waals surface area (Å²) in [4.78, 5) is 14.8. The molecule has 0 amide bonds. The molecule has 1 aromatic rings. The van der Waals surface area contributed by atoms with Crippen LogP contribution in [0.1, 0.15) is 29.8 Å². The van der Waals surface area contributed by atoms with E-state index in [0.29, 0.717) is 6.61 Å². The van der Waals surface area contributed by atoms with Crippen molar-refractivity contribution in [1.82, 2.24) is 4.98 Å². The first-order chi connectivity index (χ1) is 7.25. The second-order valence-electron chi connectivity index (χ2n) is 3.71. The Hall–Kier alpha value is -1.45. The minimum Gasteiger partial charge on any atom is -0.461 e. The molecule has 1 heterocycles. The molecular weight excluding hydrogens is 197 g/mol. The first kappa shape index (κ1) is 10.1. The molecule has 0 saturated heterocycles. The fraction of sp³-hybridized carbons (Fsp3) is 0.455. The smallest absolute Gasteiger partial charge is 0.357 e. The number of ether oxygens (including phenoxy) is 1. The zero-order chi connectivity index (χ0) is 10.7. The molecule has 0 unspecified atom stereocenters. The fourth-order valence-electron chi connectivity index (χ4n) is 1.32. The molecule has 0 atom stereocenters. The number of hydrogen-bond acceptors (Lipinski definition) is 3. The van der Waals surface area contributed by atoms with Crippen LogP contribution in [0.15, 0.2) is 18.2 Å². The third-order valence-corrected chi connectivity index (χ3v) is 2.38. The van der Waals surface area contributed by atoms with Crippen molar-refractivity contribution in [1.29, 1.82) is 0 Å². The molecule has 1 aromatic heterocycles. The molecular formula is C11H12FNO2. The molecule has 0 bridgehead atoms. The maximum Gasteiger partial charge on any atom is 0.357 e. The summed E-state index contributed by atoms with van der Waals surface area (Å²) in [6.07, 6.45) is 3.37. The lowest BCUT2D eigenvalue weighted by molar-refractivity contribution is 0.0486. The van der Waals surface area contributed by atoms with Crippen LogP contribution in [0.5, 0.6) is 0 Å². The quantitative estimate of drug-likeness (QED) is 0.563. The number of pyridine rings is 1. The highest BCUT2D eigenvalue weighted by Crippen LogP contribution is 2.32. The second kappa shape index (κ2) is 4.38. The Morgan fingerprint density at radius 3 is 3.00 bits per heavy atom. The SMILES string of the molecule is O=C(OCCC1CC1)c1cccc(F)n1. The molecule has 1 aliphatic carbocycles. The van der Waals surface area contributed by atoms with Gasteiger partial charge in [0.2, 0.25) is 5.95 Å². The van der Waals surface area contributed by atoms with E-state index in [4.69, 9.17) is 4.74 Å². The van der Waals surface area contributed by atoms with Gasteiger partial charge in [-0.1, -0.05) is 18.9 Å². The summed E-state index contributed by atoms with van der Waals surface area (Å²) in [5.74, 6) is -0.486. The summed E-state index contributed by atoms with van der Waals surface area (Å²) in [6.45, 7) is 0.404. The zero-order valence-electron chi connectivity index (χ0n) is 8.28. The van der Waals surface area contributed by atoms with Crippen LogP contribution in [-0.2, 0) is 4.74 Å². The van der Waals surface area contributed by atoms with E-state index in [2.05, 4.69) is 4.98 Å². The van der Waals surface area contributed by atoms with Crippen molar-refractivity contribution in [2.45, 2.75) is 19.3 Å². The number of hydrogen-bond donors (Lipinski definition) is 0. The van der Waals surface area contributed by atoms with Crippen molar-refractivity contribution < 1.29 is 13.9 Å². The molecule has 0 radical (unpaired) electrons. The van der Waals surface area contributed by atoms with E-state index in [1.165, 1.54) is 31.0 Å². The summed E-state index contributed by atoms with van der Waals surface area (Å²) < 4.78 is 17.6. The Morgan fingerprint density at radius 2 is 2.33 bits per heavy atom. The van der Waals surface area contributed by atoms with Crippen LogP contribution in [0.3, 0.4) is 0 Å². The van der Waals surface area contributed by atoms with E-state index in [1.54, 1.807) is 0 Å². The van der Waals surface area contributed by atoms with Gasteiger partial charge in [0.15, 0.2) is 5.69 Å². The maximum absolute atomic E-state index is 12.7. The van der Waals surface area contributed by atoms with Crippen molar-refractivity contribution >= 4 is 5.97 Å². The highest BCUT2D eigenvalue weighted by Gasteiger charge is 2.21. The van der Waals surface area contributed by atoms with Crippen molar-refractivity contribution in [2.75, 3.05) is 6.61 Å². The molecule has 15 heavy (non-hydrogen) atoms. The van der Waals surface area contributed by atoms with Crippen LogP contribution in [0.4, 0.5) is 4.39 Å². The molecule has 80 valence electrons. The second-order valence-corrected chi connectivity index (χ2v) is 3.71. The van der Waals surface area contributed by atoms with Gasteiger partial charge in [-0.25, -0.2) is 9.78 Å². The minimum absolute atomic E-state index is 0.0331. The number of carbonyl (C=O) groups is 1. The molecule has 4 heteroatoms. The van der Waals surface area contributed by atoms with Gasteiger partial charge in [-0.15, -0.1) is 0 Å². The van der Waals surface area contributed by atoms with Gasteiger partial charge in [0.1, 0.15) is 0 Å². The van der Waals surface area contributed by atoms with Crippen LogP contribution in [0.2, 0.25) is 0 Å². The third kappa shape index (κ3) is 3.01. The number of carbonyl (C=O) groups excluding carboxylic acids is 1. The maximum atomic E-state index is 12.7. The molecule has 2 rings (SSSR count). The first-order valence-corrected chi connectivity index (χ1v) is 5.05. The zero-order valence-corrected chi connectivity index (χ0v) is 8.28. The third-order valence-electron chi connectivity index (χ3n) is 2.38. The highest BCUT2D eigenvalue weighted by atomic mass is 19.1. The highest BCUT2D eigenvalue weighted by molar-refractivity contribution is 5.87. The topological polar surface area (TPSA) is 39.2 Å². The van der Waals surface area contributed by atoms with Crippen LogP contribution >= 0.6 is 0 Å². The molecule has 1 aliphatic rings. The molecule has 0 spiro atoms. The summed E-state index contributed by atoms with van der Waals surface area (Å²) in [6, 6.07) is 4.09. The van der Waals surface area contributed by atoms with E-state index in [9.17, 15) is 9.18 Å². The summed E-state index contributed by atoms with van der Waals surface area (Å²) >= 11 is 0. The van der Waals surface area contributed by atoms with Gasteiger partial charge in [-0.2, -0.15) is 4.39 Å². The molecule has 3 nitrogen and oxygen atoms in total. The lowest BCUT2D eigenvalue weighted by Gasteiger charge is -2.02. The van der Waals surface area contributed by atoms with E-state index in [0.717, 1.165) is 12.3 Å². The molecule has 0 N–H and O–H groups in total. The van der Waals surface area contributed by atoms with E-state index in [1.807, 2.05) is 0 Å². The average molecular weight is 209 g/mol. The Morgan fingerprint density at radius 1 is 1.53 bits per heavy atom. The van der Waals surface area contributed by atoms with Gasteiger partial charge in [-0.3, -0.25) is 0 Å². The predicted molar refractivity (Wildman–Crippen MR) is 51.8 cm³/mol. The Kier molecular flexibility index (Phi) is 2.94. The average Bonchev–Trinajstić information content (AvgIpc) is 3.01. The van der Waals surface area contributed by atoms with Crippen LogP contribution in [0, 0.1) is 11.9 Å². The van der Waals surface area contributed by atoms with Crippen molar-refractivity contribution in [2.24, 2.45) is 5.92 Å². The van der Waals surface area contributed by atoms with E-state index < -0.39 is 11.9 Å². The largest absolute Gasteiger partial charge is 0.461 e. The molecule has 1 fully saturated rings. The van der Waals surface area contributed by atoms with Crippen LogP contribution in [0.25, 0.3) is 0 Å².